The highest BCUT2D eigenvalue weighted by Crippen LogP contribution is 2.29. The van der Waals surface area contributed by atoms with Gasteiger partial charge in [0.05, 0.1) is 13.4 Å². The van der Waals surface area contributed by atoms with Crippen molar-refractivity contribution >= 4 is 0 Å². The van der Waals surface area contributed by atoms with E-state index in [1.165, 1.54) is 11.1 Å². The molecule has 1 atom stereocenters. The molecular formula is C21H25N3O. The van der Waals surface area contributed by atoms with E-state index < -0.39 is 0 Å². The summed E-state index contributed by atoms with van der Waals surface area (Å²) in [6.07, 6.45) is 5.70. The molecule has 1 unspecified atom stereocenters. The van der Waals surface area contributed by atoms with E-state index in [4.69, 9.17) is 4.74 Å². The lowest BCUT2D eigenvalue weighted by atomic mass is 10.0. The summed E-state index contributed by atoms with van der Waals surface area (Å²) in [5.41, 5.74) is 3.58. The van der Waals surface area contributed by atoms with E-state index in [2.05, 4.69) is 52.1 Å². The first-order valence-corrected chi connectivity index (χ1v) is 8.65. The average molecular weight is 335 g/mol. The molecule has 2 aromatic carbocycles. The molecule has 1 heterocycles. The molecule has 4 nitrogen and oxygen atoms in total. The number of nitrogens with one attached hydrogen (secondary N) is 1. The molecule has 0 radical (unpaired) electrons. The van der Waals surface area contributed by atoms with E-state index in [0.717, 1.165) is 30.9 Å². The van der Waals surface area contributed by atoms with Gasteiger partial charge in [0, 0.05) is 31.0 Å². The van der Waals surface area contributed by atoms with Crippen molar-refractivity contribution in [3.8, 4) is 16.9 Å². The highest BCUT2D eigenvalue weighted by molar-refractivity contribution is 5.70. The Morgan fingerprint density at radius 1 is 1.12 bits per heavy atom. The van der Waals surface area contributed by atoms with E-state index in [0.29, 0.717) is 5.92 Å². The van der Waals surface area contributed by atoms with Crippen molar-refractivity contribution in [2.24, 2.45) is 5.92 Å². The summed E-state index contributed by atoms with van der Waals surface area (Å²) in [6.45, 7) is 5.09. The monoisotopic (exact) mass is 335 g/mol. The van der Waals surface area contributed by atoms with Crippen LogP contribution >= 0.6 is 0 Å². The Morgan fingerprint density at radius 3 is 2.64 bits per heavy atom. The first-order chi connectivity index (χ1) is 12.3. The zero-order valence-electron chi connectivity index (χ0n) is 14.9. The standard InChI is InChI=1S/C21H25N3O/c1-17(15-24-12-11-22-16-24)13-23-14-18-7-9-19(10-8-18)20-5-3-4-6-21(20)25-2/h3-12,16-17,23H,13-15H2,1-2H3. The molecule has 0 amide bonds. The smallest absolute Gasteiger partial charge is 0.126 e. The molecule has 0 aliphatic carbocycles. The molecule has 3 rings (SSSR count). The van der Waals surface area contributed by atoms with Crippen LogP contribution in [0, 0.1) is 5.92 Å². The zero-order chi connectivity index (χ0) is 17.5. The van der Waals surface area contributed by atoms with Crippen molar-refractivity contribution < 1.29 is 4.74 Å². The summed E-state index contributed by atoms with van der Waals surface area (Å²) in [7, 11) is 1.71. The maximum atomic E-state index is 5.45. The van der Waals surface area contributed by atoms with Crippen LogP contribution < -0.4 is 10.1 Å². The highest BCUT2D eigenvalue weighted by Gasteiger charge is 2.05. The Kier molecular flexibility index (Phi) is 5.86. The predicted molar refractivity (Wildman–Crippen MR) is 102 cm³/mol. The molecule has 0 spiro atoms. The number of hydrogen-bond acceptors (Lipinski definition) is 3. The minimum absolute atomic E-state index is 0.557. The summed E-state index contributed by atoms with van der Waals surface area (Å²) < 4.78 is 7.56. The minimum atomic E-state index is 0.557. The topological polar surface area (TPSA) is 39.1 Å². The first-order valence-electron chi connectivity index (χ1n) is 8.65. The predicted octanol–water partition coefficient (Wildman–Crippen LogP) is 3.98. The van der Waals surface area contributed by atoms with Crippen molar-refractivity contribution in [3.05, 3.63) is 72.8 Å². The number of para-hydroxylation sites is 1. The molecule has 3 aromatic rings. The second-order valence-corrected chi connectivity index (χ2v) is 6.39. The van der Waals surface area contributed by atoms with Crippen LogP contribution in [-0.4, -0.2) is 23.2 Å². The molecule has 130 valence electrons. The molecule has 1 aromatic heterocycles. The molecule has 4 heteroatoms. The number of methoxy groups -OCH3 is 1. The summed E-state index contributed by atoms with van der Waals surface area (Å²) >= 11 is 0. The van der Waals surface area contributed by atoms with Crippen LogP contribution in [0.5, 0.6) is 5.75 Å². The molecule has 25 heavy (non-hydrogen) atoms. The van der Waals surface area contributed by atoms with Crippen LogP contribution in [0.15, 0.2) is 67.3 Å². The largest absolute Gasteiger partial charge is 0.496 e. The normalized spacial score (nSPS) is 12.1. The number of ether oxygens (including phenoxy) is 1. The number of hydrogen-bond donors (Lipinski definition) is 1. The Balaban J connectivity index is 1.52. The molecule has 0 saturated heterocycles. The molecule has 0 bridgehead atoms. The molecule has 0 aliphatic rings. The highest BCUT2D eigenvalue weighted by atomic mass is 16.5. The second kappa shape index (κ2) is 8.49. The third-order valence-corrected chi connectivity index (χ3v) is 4.28. The fourth-order valence-corrected chi connectivity index (χ4v) is 2.97. The fourth-order valence-electron chi connectivity index (χ4n) is 2.97. The molecule has 0 fully saturated rings. The SMILES string of the molecule is COc1ccccc1-c1ccc(CNCC(C)Cn2ccnc2)cc1. The van der Waals surface area contributed by atoms with Gasteiger partial charge in [0.15, 0.2) is 0 Å². The molecule has 1 N–H and O–H groups in total. The van der Waals surface area contributed by atoms with Crippen LogP contribution in [0.3, 0.4) is 0 Å². The van der Waals surface area contributed by atoms with E-state index in [-0.39, 0.29) is 0 Å². The van der Waals surface area contributed by atoms with Gasteiger partial charge in [-0.2, -0.15) is 0 Å². The van der Waals surface area contributed by atoms with Crippen LogP contribution in [0.1, 0.15) is 12.5 Å². The Labute approximate surface area is 149 Å². The van der Waals surface area contributed by atoms with Gasteiger partial charge in [-0.3, -0.25) is 0 Å². The summed E-state index contributed by atoms with van der Waals surface area (Å²) in [5, 5.41) is 3.54. The van der Waals surface area contributed by atoms with Gasteiger partial charge in [-0.1, -0.05) is 49.4 Å². The lowest BCUT2D eigenvalue weighted by Crippen LogP contribution is -2.23. The van der Waals surface area contributed by atoms with Crippen LogP contribution in [0.2, 0.25) is 0 Å². The van der Waals surface area contributed by atoms with E-state index in [1.807, 2.05) is 36.9 Å². The van der Waals surface area contributed by atoms with Crippen molar-refractivity contribution in [3.63, 3.8) is 0 Å². The average Bonchev–Trinajstić information content (AvgIpc) is 3.15. The van der Waals surface area contributed by atoms with Gasteiger partial charge in [-0.15, -0.1) is 0 Å². The third-order valence-electron chi connectivity index (χ3n) is 4.28. The number of imidazole rings is 1. The van der Waals surface area contributed by atoms with E-state index in [9.17, 15) is 0 Å². The van der Waals surface area contributed by atoms with Crippen molar-refractivity contribution in [2.45, 2.75) is 20.0 Å². The van der Waals surface area contributed by atoms with Crippen molar-refractivity contribution in [2.75, 3.05) is 13.7 Å². The van der Waals surface area contributed by atoms with Crippen molar-refractivity contribution in [1.29, 1.82) is 0 Å². The maximum Gasteiger partial charge on any atom is 0.126 e. The van der Waals surface area contributed by atoms with E-state index in [1.54, 1.807) is 7.11 Å². The third kappa shape index (κ3) is 4.70. The zero-order valence-corrected chi connectivity index (χ0v) is 14.9. The number of aromatic nitrogens is 2. The molecule has 0 aliphatic heterocycles. The number of benzene rings is 2. The van der Waals surface area contributed by atoms with Gasteiger partial charge in [0.1, 0.15) is 5.75 Å². The molecule has 0 saturated carbocycles. The van der Waals surface area contributed by atoms with Gasteiger partial charge in [0.2, 0.25) is 0 Å². The van der Waals surface area contributed by atoms with Crippen LogP contribution in [0.25, 0.3) is 11.1 Å². The Hall–Kier alpha value is -2.59. The quantitative estimate of drug-likeness (QED) is 0.677. The Bertz CT molecular complexity index is 766. The Morgan fingerprint density at radius 2 is 1.92 bits per heavy atom. The first kappa shape index (κ1) is 17.2. The summed E-state index contributed by atoms with van der Waals surface area (Å²) in [5.74, 6) is 1.46. The van der Waals surface area contributed by atoms with Gasteiger partial charge in [-0.25, -0.2) is 4.98 Å². The van der Waals surface area contributed by atoms with Gasteiger partial charge in [-0.05, 0) is 29.7 Å². The van der Waals surface area contributed by atoms with Crippen LogP contribution in [0.4, 0.5) is 0 Å². The number of rotatable bonds is 8. The van der Waals surface area contributed by atoms with Gasteiger partial charge >= 0.3 is 0 Å². The lowest BCUT2D eigenvalue weighted by Gasteiger charge is -2.13. The summed E-state index contributed by atoms with van der Waals surface area (Å²) in [6, 6.07) is 16.8. The lowest BCUT2D eigenvalue weighted by molar-refractivity contribution is 0.416. The minimum Gasteiger partial charge on any atom is -0.496 e. The fraction of sp³-hybridized carbons (Fsp3) is 0.286. The van der Waals surface area contributed by atoms with E-state index >= 15 is 0 Å². The summed E-state index contributed by atoms with van der Waals surface area (Å²) in [4.78, 5) is 4.08. The second-order valence-electron chi connectivity index (χ2n) is 6.39. The molecular weight excluding hydrogens is 310 g/mol. The van der Waals surface area contributed by atoms with Crippen molar-refractivity contribution in [1.82, 2.24) is 14.9 Å². The van der Waals surface area contributed by atoms with Gasteiger partial charge < -0.3 is 14.6 Å². The maximum absolute atomic E-state index is 5.45. The number of nitrogens with zero attached hydrogens (tertiary/aromatic N) is 2. The van der Waals surface area contributed by atoms with Gasteiger partial charge in [0.25, 0.3) is 0 Å². The van der Waals surface area contributed by atoms with Crippen LogP contribution in [-0.2, 0) is 13.1 Å².